The molecule has 4 atom stereocenters. The molecule has 18 heavy (non-hydrogen) atoms. The van der Waals surface area contributed by atoms with E-state index in [4.69, 9.17) is 10.5 Å². The van der Waals surface area contributed by atoms with E-state index in [2.05, 4.69) is 31.2 Å². The molecule has 1 heterocycles. The van der Waals surface area contributed by atoms with Crippen LogP contribution in [-0.4, -0.2) is 12.1 Å². The Morgan fingerprint density at radius 3 is 2.94 bits per heavy atom. The molecule has 0 radical (unpaired) electrons. The lowest BCUT2D eigenvalue weighted by atomic mass is 9.76. The predicted octanol–water partition coefficient (Wildman–Crippen LogP) is 3.14. The van der Waals surface area contributed by atoms with Crippen molar-refractivity contribution >= 4 is 0 Å². The average molecular weight is 245 g/mol. The molecule has 0 aromatic heterocycles. The summed E-state index contributed by atoms with van der Waals surface area (Å²) in [5, 5.41) is 0. The van der Waals surface area contributed by atoms with Crippen molar-refractivity contribution in [1.82, 2.24) is 0 Å². The fourth-order valence-electron chi connectivity index (χ4n) is 3.52. The topological polar surface area (TPSA) is 35.2 Å². The van der Waals surface area contributed by atoms with Crippen LogP contribution in [0.3, 0.4) is 0 Å². The van der Waals surface area contributed by atoms with Gasteiger partial charge in [-0.05, 0) is 49.1 Å². The molecule has 1 aromatic carbocycles. The minimum Gasteiger partial charge on any atom is -0.490 e. The van der Waals surface area contributed by atoms with Crippen molar-refractivity contribution in [3.05, 3.63) is 29.8 Å². The third-order valence-electron chi connectivity index (χ3n) is 4.58. The molecular formula is C16H23NO. The predicted molar refractivity (Wildman–Crippen MR) is 73.7 cm³/mol. The minimum absolute atomic E-state index is 0.351. The van der Waals surface area contributed by atoms with Gasteiger partial charge in [0, 0.05) is 12.5 Å². The molecule has 0 amide bonds. The molecule has 1 saturated carbocycles. The van der Waals surface area contributed by atoms with Gasteiger partial charge in [0.2, 0.25) is 0 Å². The summed E-state index contributed by atoms with van der Waals surface area (Å²) in [4.78, 5) is 0. The summed E-state index contributed by atoms with van der Waals surface area (Å²) in [6.45, 7) is 2.35. The zero-order valence-electron chi connectivity index (χ0n) is 11.1. The van der Waals surface area contributed by atoms with Crippen LogP contribution in [0.15, 0.2) is 24.3 Å². The number of ether oxygens (including phenoxy) is 1. The van der Waals surface area contributed by atoms with Crippen LogP contribution in [0, 0.1) is 11.8 Å². The van der Waals surface area contributed by atoms with E-state index in [1.807, 2.05) is 0 Å². The van der Waals surface area contributed by atoms with Crippen LogP contribution in [0.4, 0.5) is 0 Å². The van der Waals surface area contributed by atoms with Gasteiger partial charge < -0.3 is 10.5 Å². The van der Waals surface area contributed by atoms with Crippen molar-refractivity contribution in [1.29, 1.82) is 0 Å². The third-order valence-corrected chi connectivity index (χ3v) is 4.58. The number of hydrogen-bond acceptors (Lipinski definition) is 2. The van der Waals surface area contributed by atoms with Gasteiger partial charge >= 0.3 is 0 Å². The largest absolute Gasteiger partial charge is 0.490 e. The van der Waals surface area contributed by atoms with E-state index in [1.54, 1.807) is 0 Å². The van der Waals surface area contributed by atoms with Crippen molar-refractivity contribution in [2.45, 2.75) is 51.2 Å². The number of fused-ring (bicyclic) bond motifs is 1. The maximum absolute atomic E-state index is 6.27. The summed E-state index contributed by atoms with van der Waals surface area (Å²) < 4.78 is 6.04. The molecular weight excluding hydrogens is 222 g/mol. The first kappa shape index (κ1) is 12.0. The third kappa shape index (κ3) is 2.39. The number of hydrogen-bond donors (Lipinski definition) is 1. The molecule has 98 valence electrons. The summed E-state index contributed by atoms with van der Waals surface area (Å²) in [5.74, 6) is 2.56. The van der Waals surface area contributed by atoms with E-state index in [9.17, 15) is 0 Å². The molecule has 1 aliphatic carbocycles. The molecule has 2 heteroatoms. The fraction of sp³-hybridized carbons (Fsp3) is 0.625. The summed E-state index contributed by atoms with van der Waals surface area (Å²) >= 11 is 0. The van der Waals surface area contributed by atoms with Crippen LogP contribution >= 0.6 is 0 Å². The van der Waals surface area contributed by atoms with Gasteiger partial charge in [0.25, 0.3) is 0 Å². The lowest BCUT2D eigenvalue weighted by Crippen LogP contribution is -2.38. The number of rotatable bonds is 2. The number of benzene rings is 1. The SMILES string of the molecule is CC1CCC(N)C(CC2Cc3ccccc3O2)C1. The summed E-state index contributed by atoms with van der Waals surface area (Å²) in [5.41, 5.74) is 7.63. The van der Waals surface area contributed by atoms with Crippen LogP contribution in [-0.2, 0) is 6.42 Å². The van der Waals surface area contributed by atoms with E-state index in [0.29, 0.717) is 18.1 Å². The van der Waals surface area contributed by atoms with Gasteiger partial charge in [-0.2, -0.15) is 0 Å². The zero-order chi connectivity index (χ0) is 12.5. The fourth-order valence-corrected chi connectivity index (χ4v) is 3.52. The second-order valence-corrected chi connectivity index (χ2v) is 6.13. The monoisotopic (exact) mass is 245 g/mol. The second-order valence-electron chi connectivity index (χ2n) is 6.13. The van der Waals surface area contributed by atoms with Crippen molar-refractivity contribution in [3.8, 4) is 5.75 Å². The van der Waals surface area contributed by atoms with E-state index >= 15 is 0 Å². The summed E-state index contributed by atoms with van der Waals surface area (Å²) in [6.07, 6.45) is 6.30. The maximum Gasteiger partial charge on any atom is 0.123 e. The Hall–Kier alpha value is -1.02. The van der Waals surface area contributed by atoms with Gasteiger partial charge in [-0.25, -0.2) is 0 Å². The Morgan fingerprint density at radius 1 is 1.28 bits per heavy atom. The molecule has 0 bridgehead atoms. The van der Waals surface area contributed by atoms with E-state index in [0.717, 1.165) is 24.5 Å². The van der Waals surface area contributed by atoms with Crippen molar-refractivity contribution < 1.29 is 4.74 Å². The van der Waals surface area contributed by atoms with Crippen LogP contribution in [0.5, 0.6) is 5.75 Å². The Bertz CT molecular complexity index is 392. The van der Waals surface area contributed by atoms with Crippen LogP contribution in [0.25, 0.3) is 0 Å². The molecule has 2 N–H and O–H groups in total. The molecule has 2 aliphatic rings. The maximum atomic E-state index is 6.27. The molecule has 3 rings (SSSR count). The van der Waals surface area contributed by atoms with Gasteiger partial charge in [-0.1, -0.05) is 25.1 Å². The van der Waals surface area contributed by atoms with Crippen molar-refractivity contribution in [2.24, 2.45) is 17.6 Å². The number of para-hydroxylation sites is 1. The van der Waals surface area contributed by atoms with Crippen LogP contribution in [0.1, 0.15) is 38.2 Å². The first-order valence-corrected chi connectivity index (χ1v) is 7.22. The Kier molecular flexibility index (Phi) is 3.29. The summed E-state index contributed by atoms with van der Waals surface area (Å²) in [6, 6.07) is 8.79. The molecule has 1 aliphatic heterocycles. The molecule has 2 nitrogen and oxygen atoms in total. The smallest absolute Gasteiger partial charge is 0.123 e. The Balaban J connectivity index is 1.62. The van der Waals surface area contributed by atoms with E-state index in [1.165, 1.54) is 24.8 Å². The standard InChI is InChI=1S/C16H23NO/c1-11-6-7-15(17)13(8-11)10-14-9-12-4-2-3-5-16(12)18-14/h2-5,11,13-15H,6-10,17H2,1H3. The Morgan fingerprint density at radius 2 is 2.11 bits per heavy atom. The highest BCUT2D eigenvalue weighted by Crippen LogP contribution is 2.36. The van der Waals surface area contributed by atoms with Crippen molar-refractivity contribution in [2.75, 3.05) is 0 Å². The summed E-state index contributed by atoms with van der Waals surface area (Å²) in [7, 11) is 0. The lowest BCUT2D eigenvalue weighted by Gasteiger charge is -2.33. The highest BCUT2D eigenvalue weighted by atomic mass is 16.5. The quantitative estimate of drug-likeness (QED) is 0.868. The van der Waals surface area contributed by atoms with E-state index in [-0.39, 0.29) is 0 Å². The molecule has 4 unspecified atom stereocenters. The second kappa shape index (κ2) is 4.93. The van der Waals surface area contributed by atoms with Gasteiger partial charge in [0.15, 0.2) is 0 Å². The van der Waals surface area contributed by atoms with Crippen LogP contribution < -0.4 is 10.5 Å². The highest BCUT2D eigenvalue weighted by molar-refractivity contribution is 5.37. The number of nitrogens with two attached hydrogens (primary N) is 1. The first-order valence-electron chi connectivity index (χ1n) is 7.22. The minimum atomic E-state index is 0.351. The van der Waals surface area contributed by atoms with Gasteiger partial charge in [-0.15, -0.1) is 0 Å². The molecule has 0 spiro atoms. The molecule has 1 aromatic rings. The average Bonchev–Trinajstić information content (AvgIpc) is 2.76. The first-order chi connectivity index (χ1) is 8.72. The lowest BCUT2D eigenvalue weighted by molar-refractivity contribution is 0.147. The van der Waals surface area contributed by atoms with Gasteiger partial charge in [0.1, 0.15) is 11.9 Å². The Labute approximate surface area is 110 Å². The normalized spacial score (nSPS) is 35.0. The highest BCUT2D eigenvalue weighted by Gasteiger charge is 2.31. The molecule has 0 saturated heterocycles. The van der Waals surface area contributed by atoms with Crippen molar-refractivity contribution in [3.63, 3.8) is 0 Å². The molecule has 1 fully saturated rings. The van der Waals surface area contributed by atoms with Gasteiger partial charge in [0.05, 0.1) is 0 Å². The van der Waals surface area contributed by atoms with Gasteiger partial charge in [-0.3, -0.25) is 0 Å². The van der Waals surface area contributed by atoms with E-state index < -0.39 is 0 Å². The van der Waals surface area contributed by atoms with Crippen LogP contribution in [0.2, 0.25) is 0 Å². The zero-order valence-corrected chi connectivity index (χ0v) is 11.1.